The normalized spacial score (nSPS) is 12.7. The summed E-state index contributed by atoms with van der Waals surface area (Å²) in [6.45, 7) is 3.33. The van der Waals surface area contributed by atoms with Gasteiger partial charge in [0.1, 0.15) is 0 Å². The first-order valence-electron chi connectivity index (χ1n) is 5.60. The molecular weight excluding hydrogens is 521 g/mol. The SMILES string of the molecule is C.C.C.C.CCC(CC(C(=O)PI)C(C)C(=O)O)C(=O)OC.[Rh]. The van der Waals surface area contributed by atoms with Gasteiger partial charge < -0.3 is 9.84 Å². The van der Waals surface area contributed by atoms with E-state index in [1.807, 2.05) is 29.0 Å². The van der Waals surface area contributed by atoms with E-state index >= 15 is 0 Å². The third kappa shape index (κ3) is 13.4. The van der Waals surface area contributed by atoms with Gasteiger partial charge in [0.25, 0.3) is 0 Å². The van der Waals surface area contributed by atoms with E-state index in [1.165, 1.54) is 14.0 Å². The van der Waals surface area contributed by atoms with Gasteiger partial charge in [0, 0.05) is 31.6 Å². The first kappa shape index (κ1) is 38.8. The number of ether oxygens (including phenoxy) is 1. The van der Waals surface area contributed by atoms with Gasteiger partial charge in [-0.2, -0.15) is 0 Å². The maximum atomic E-state index is 11.8. The van der Waals surface area contributed by atoms with Crippen molar-refractivity contribution in [1.29, 1.82) is 0 Å². The minimum atomic E-state index is -1.01. The van der Waals surface area contributed by atoms with Crippen molar-refractivity contribution in [2.45, 2.75) is 56.4 Å². The number of halogens is 1. The Morgan fingerprint density at radius 2 is 1.61 bits per heavy atom. The van der Waals surface area contributed by atoms with Gasteiger partial charge in [0.05, 0.1) is 18.9 Å². The molecule has 8 heteroatoms. The van der Waals surface area contributed by atoms with Crippen LogP contribution in [-0.2, 0) is 38.6 Å². The summed E-state index contributed by atoms with van der Waals surface area (Å²) in [4.78, 5) is 34.3. The number of hydrogen-bond donors (Lipinski definition) is 1. The zero-order valence-corrected chi connectivity index (χ0v) is 15.7. The topological polar surface area (TPSA) is 80.7 Å². The van der Waals surface area contributed by atoms with E-state index in [9.17, 15) is 14.4 Å². The van der Waals surface area contributed by atoms with Gasteiger partial charge in [-0.3, -0.25) is 14.4 Å². The van der Waals surface area contributed by atoms with Gasteiger partial charge in [0.15, 0.2) is 5.52 Å². The summed E-state index contributed by atoms with van der Waals surface area (Å²) in [6.07, 6.45) is 0.785. The predicted octanol–water partition coefficient (Wildman–Crippen LogP) is 5.01. The summed E-state index contributed by atoms with van der Waals surface area (Å²) in [7, 11) is 1.29. The Bertz CT molecular complexity index is 329. The molecule has 4 unspecified atom stereocenters. The number of rotatable bonds is 8. The third-order valence-electron chi connectivity index (χ3n) is 2.99. The second-order valence-corrected chi connectivity index (χ2v) is 6.36. The van der Waals surface area contributed by atoms with Crippen molar-refractivity contribution in [3.05, 3.63) is 0 Å². The van der Waals surface area contributed by atoms with E-state index in [-0.39, 0.29) is 73.3 Å². The van der Waals surface area contributed by atoms with Gasteiger partial charge in [-0.1, -0.05) is 43.6 Å². The maximum Gasteiger partial charge on any atom is 0.308 e. The zero-order chi connectivity index (χ0) is 14.3. The second-order valence-electron chi connectivity index (χ2n) is 4.06. The maximum absolute atomic E-state index is 11.8. The van der Waals surface area contributed by atoms with Crippen molar-refractivity contribution in [1.82, 2.24) is 0 Å². The summed E-state index contributed by atoms with van der Waals surface area (Å²) in [5.74, 6) is -3.22. The molecule has 1 radical (unpaired) electrons. The van der Waals surface area contributed by atoms with E-state index in [0.29, 0.717) is 6.42 Å². The number of esters is 1. The number of aliphatic carboxylic acids is 1. The van der Waals surface area contributed by atoms with Crippen LogP contribution in [0.4, 0.5) is 0 Å². The molecule has 0 fully saturated rings. The molecule has 0 spiro atoms. The number of carboxylic acids is 1. The van der Waals surface area contributed by atoms with Crippen molar-refractivity contribution >= 4 is 45.7 Å². The van der Waals surface area contributed by atoms with Crippen LogP contribution in [0.1, 0.15) is 56.4 Å². The molecule has 0 saturated carbocycles. The molecule has 0 aliphatic heterocycles. The van der Waals surface area contributed by atoms with E-state index in [1.54, 1.807) is 0 Å². The average molecular weight is 555 g/mol. The minimum absolute atomic E-state index is 0. The molecule has 0 aromatic heterocycles. The summed E-state index contributed by atoms with van der Waals surface area (Å²) in [5, 5.41) is 9.01. The molecule has 0 aliphatic rings. The molecule has 0 bridgehead atoms. The fourth-order valence-electron chi connectivity index (χ4n) is 1.68. The Morgan fingerprint density at radius 1 is 1.17 bits per heavy atom. The molecule has 1 N–H and O–H groups in total. The van der Waals surface area contributed by atoms with Gasteiger partial charge in [-0.15, -0.1) is 0 Å². The Morgan fingerprint density at radius 3 is 1.87 bits per heavy atom. The molecule has 145 valence electrons. The molecule has 0 aromatic rings. The van der Waals surface area contributed by atoms with Gasteiger partial charge in [-0.05, 0) is 34.9 Å². The van der Waals surface area contributed by atoms with Crippen molar-refractivity contribution in [3.63, 3.8) is 0 Å². The quantitative estimate of drug-likeness (QED) is 0.197. The van der Waals surface area contributed by atoms with Crippen molar-refractivity contribution in [3.8, 4) is 0 Å². The molecule has 23 heavy (non-hydrogen) atoms. The first-order valence-corrected chi connectivity index (χ1v) is 9.71. The van der Waals surface area contributed by atoms with Crippen LogP contribution in [0.5, 0.6) is 0 Å². The Hall–Kier alpha value is 0.393. The van der Waals surface area contributed by atoms with E-state index in [0.717, 1.165) is 0 Å². The number of hydrogen-bond acceptors (Lipinski definition) is 4. The van der Waals surface area contributed by atoms with E-state index < -0.39 is 23.7 Å². The molecule has 0 saturated heterocycles. The second kappa shape index (κ2) is 20.4. The van der Waals surface area contributed by atoms with Crippen molar-refractivity contribution in [2.24, 2.45) is 17.8 Å². The molecule has 0 heterocycles. The first-order chi connectivity index (χ1) is 8.38. The zero-order valence-electron chi connectivity index (χ0n) is 10.9. The largest absolute Gasteiger partial charge is 0.481 e. The van der Waals surface area contributed by atoms with Crippen LogP contribution in [0.3, 0.4) is 0 Å². The van der Waals surface area contributed by atoms with Crippen molar-refractivity contribution < 1.29 is 43.7 Å². The fourth-order valence-corrected chi connectivity index (χ4v) is 3.39. The van der Waals surface area contributed by atoms with E-state index in [4.69, 9.17) is 5.11 Å². The Balaban J connectivity index is -0.000000144. The summed E-state index contributed by atoms with van der Waals surface area (Å²) >= 11 is 1.94. The van der Waals surface area contributed by atoms with Crippen LogP contribution in [-0.4, -0.2) is 29.7 Å². The Labute approximate surface area is 170 Å². The van der Waals surface area contributed by atoms with Crippen LogP contribution < -0.4 is 0 Å². The molecule has 0 rings (SSSR count). The molecule has 0 aliphatic carbocycles. The van der Waals surface area contributed by atoms with Crippen LogP contribution >= 0.6 is 28.3 Å². The monoisotopic (exact) mass is 555 g/mol. The number of carbonyl (C=O) groups excluding carboxylic acids is 2. The number of methoxy groups -OCH3 is 1. The Kier molecular flexibility index (Phi) is 34.5. The van der Waals surface area contributed by atoms with Crippen LogP contribution in [0.2, 0.25) is 0 Å². The summed E-state index contributed by atoms with van der Waals surface area (Å²) in [5.41, 5.74) is -0.104. The third-order valence-corrected chi connectivity index (χ3v) is 5.14. The number of carboxylic acid groups (broad SMARTS) is 1. The van der Waals surface area contributed by atoms with Crippen molar-refractivity contribution in [2.75, 3.05) is 7.11 Å². The summed E-state index contributed by atoms with van der Waals surface area (Å²) in [6, 6.07) is 0. The molecule has 5 nitrogen and oxygen atoms in total. The van der Waals surface area contributed by atoms with Gasteiger partial charge in [0.2, 0.25) is 0 Å². The fraction of sp³-hybridized carbons (Fsp3) is 0.800. The average Bonchev–Trinajstić information content (AvgIpc) is 2.37. The molecular formula is C15H34IO5PRh. The van der Waals surface area contributed by atoms with E-state index in [2.05, 4.69) is 4.74 Å². The molecule has 0 amide bonds. The van der Waals surface area contributed by atoms with Gasteiger partial charge in [-0.25, -0.2) is 0 Å². The summed E-state index contributed by atoms with van der Waals surface area (Å²) < 4.78 is 4.66. The predicted molar refractivity (Wildman–Crippen MR) is 105 cm³/mol. The smallest absolute Gasteiger partial charge is 0.308 e. The van der Waals surface area contributed by atoms with Crippen LogP contribution in [0.25, 0.3) is 0 Å². The van der Waals surface area contributed by atoms with Gasteiger partial charge >= 0.3 is 11.9 Å². The standard InChI is InChI=1S/C11H18IO5P.4CH4.Rh/c1-4-7(10(15)17-3)5-8(11(16)18-12)6(2)9(13)14;;;;;/h6-8,18H,4-5H2,1-3H3,(H,13,14);4*1H4;. The minimum Gasteiger partial charge on any atom is -0.481 e. The molecule has 0 aromatic carbocycles. The van der Waals surface area contributed by atoms with Crippen LogP contribution in [0, 0.1) is 17.8 Å². The number of carbonyl (C=O) groups is 3. The molecule has 4 atom stereocenters. The van der Waals surface area contributed by atoms with Crippen LogP contribution in [0.15, 0.2) is 0 Å².